The van der Waals surface area contributed by atoms with E-state index in [1.807, 2.05) is 62.3 Å². The van der Waals surface area contributed by atoms with Crippen molar-refractivity contribution in [2.45, 2.75) is 107 Å². The van der Waals surface area contributed by atoms with Gasteiger partial charge in [0.15, 0.2) is 6.10 Å². The highest BCUT2D eigenvalue weighted by molar-refractivity contribution is 5.77. The average molecular weight is 429 g/mol. The predicted octanol–water partition coefficient (Wildman–Crippen LogP) is 5.46. The monoisotopic (exact) mass is 428 g/mol. The molecule has 0 atom stereocenters. The van der Waals surface area contributed by atoms with Gasteiger partial charge in [-0.05, 0) is 60.8 Å². The van der Waals surface area contributed by atoms with Crippen molar-refractivity contribution >= 4 is 17.9 Å². The van der Waals surface area contributed by atoms with Gasteiger partial charge in [0.2, 0.25) is 0 Å². The maximum absolute atomic E-state index is 12.7. The molecule has 0 rings (SSSR count). The Morgan fingerprint density at radius 1 is 0.600 bits per heavy atom. The molecule has 176 valence electrons. The second-order valence-electron chi connectivity index (χ2n) is 10.1. The van der Waals surface area contributed by atoms with Gasteiger partial charge in [-0.15, -0.1) is 0 Å². The van der Waals surface area contributed by atoms with Crippen LogP contribution in [-0.4, -0.2) is 37.2 Å². The molecule has 0 saturated heterocycles. The maximum atomic E-state index is 12.7. The van der Waals surface area contributed by atoms with Crippen LogP contribution in [0.2, 0.25) is 0 Å². The second-order valence-corrected chi connectivity index (χ2v) is 10.1. The van der Waals surface area contributed by atoms with E-state index in [-0.39, 0.29) is 31.1 Å². The van der Waals surface area contributed by atoms with E-state index in [0.717, 1.165) is 19.3 Å². The van der Waals surface area contributed by atoms with Crippen molar-refractivity contribution < 1.29 is 28.6 Å². The molecular weight excluding hydrogens is 384 g/mol. The summed E-state index contributed by atoms with van der Waals surface area (Å²) in [5.41, 5.74) is -1.90. The molecule has 0 aromatic heterocycles. The number of rotatable bonds is 14. The highest BCUT2D eigenvalue weighted by Crippen LogP contribution is 2.27. The van der Waals surface area contributed by atoms with E-state index in [0.29, 0.717) is 19.3 Å². The molecule has 0 radical (unpaired) electrons. The van der Waals surface area contributed by atoms with Gasteiger partial charge in [0.05, 0.1) is 16.2 Å². The van der Waals surface area contributed by atoms with Crippen LogP contribution in [-0.2, 0) is 28.6 Å². The minimum Gasteiger partial charge on any atom is -0.461 e. The van der Waals surface area contributed by atoms with E-state index in [1.165, 1.54) is 0 Å². The van der Waals surface area contributed by atoms with Gasteiger partial charge in [-0.1, -0.05) is 40.0 Å². The van der Waals surface area contributed by atoms with E-state index in [4.69, 9.17) is 14.2 Å². The van der Waals surface area contributed by atoms with Crippen LogP contribution in [0.5, 0.6) is 0 Å². The molecule has 0 aliphatic rings. The second kappa shape index (κ2) is 12.3. The smallest absolute Gasteiger partial charge is 0.312 e. The van der Waals surface area contributed by atoms with Crippen LogP contribution >= 0.6 is 0 Å². The number of ether oxygens (including phenoxy) is 3. The molecule has 30 heavy (non-hydrogen) atoms. The van der Waals surface area contributed by atoms with Crippen molar-refractivity contribution in [1.82, 2.24) is 0 Å². The van der Waals surface area contributed by atoms with Gasteiger partial charge in [0.1, 0.15) is 13.2 Å². The number of hydrogen-bond acceptors (Lipinski definition) is 6. The number of hydrogen-bond donors (Lipinski definition) is 0. The molecule has 0 unspecified atom stereocenters. The van der Waals surface area contributed by atoms with Gasteiger partial charge >= 0.3 is 17.9 Å². The normalized spacial score (nSPS) is 12.6. The Hall–Kier alpha value is -1.59. The Morgan fingerprint density at radius 2 is 0.900 bits per heavy atom. The minimum atomic E-state index is -0.837. The SMILES string of the molecule is CCCC(C)(C)C(=O)OCC(COC(=O)C(C)(C)CCC)OC(=O)C(C)(C)CCC. The summed E-state index contributed by atoms with van der Waals surface area (Å²) >= 11 is 0. The molecular formula is C24H44O6. The fourth-order valence-electron chi connectivity index (χ4n) is 3.34. The summed E-state index contributed by atoms with van der Waals surface area (Å²) in [5.74, 6) is -1.09. The Balaban J connectivity index is 5.20. The highest BCUT2D eigenvalue weighted by Gasteiger charge is 2.34. The number of carbonyl (C=O) groups excluding carboxylic acids is 3. The molecule has 0 aromatic carbocycles. The zero-order chi connectivity index (χ0) is 23.6. The average Bonchev–Trinajstić information content (AvgIpc) is 2.62. The zero-order valence-corrected chi connectivity index (χ0v) is 20.7. The zero-order valence-electron chi connectivity index (χ0n) is 20.7. The third-order valence-corrected chi connectivity index (χ3v) is 5.36. The summed E-state index contributed by atoms with van der Waals surface area (Å²) in [4.78, 5) is 37.6. The van der Waals surface area contributed by atoms with Crippen molar-refractivity contribution in [3.8, 4) is 0 Å². The molecule has 0 bridgehead atoms. The summed E-state index contributed by atoms with van der Waals surface area (Å²) in [6, 6.07) is 0. The fraction of sp³-hybridized carbons (Fsp3) is 0.875. The van der Waals surface area contributed by atoms with Gasteiger partial charge < -0.3 is 14.2 Å². The molecule has 0 fully saturated rings. The molecule has 0 aliphatic carbocycles. The molecule has 6 nitrogen and oxygen atoms in total. The molecule has 0 spiro atoms. The Morgan fingerprint density at radius 3 is 1.20 bits per heavy atom. The van der Waals surface area contributed by atoms with Crippen LogP contribution in [0.1, 0.15) is 101 Å². The number of esters is 3. The van der Waals surface area contributed by atoms with Crippen molar-refractivity contribution in [3.05, 3.63) is 0 Å². The van der Waals surface area contributed by atoms with E-state index in [2.05, 4.69) is 0 Å². The molecule has 0 N–H and O–H groups in total. The maximum Gasteiger partial charge on any atom is 0.312 e. The molecule has 0 amide bonds. The molecule has 0 saturated carbocycles. The summed E-state index contributed by atoms with van der Waals surface area (Å²) in [6.45, 7) is 16.7. The molecule has 0 heterocycles. The Kier molecular flexibility index (Phi) is 11.7. The number of carbonyl (C=O) groups is 3. The van der Waals surface area contributed by atoms with Gasteiger partial charge in [-0.2, -0.15) is 0 Å². The van der Waals surface area contributed by atoms with Gasteiger partial charge in [0, 0.05) is 0 Å². The molecule has 0 aliphatic heterocycles. The Labute approximate surface area is 183 Å². The molecule has 0 aromatic rings. The van der Waals surface area contributed by atoms with Crippen molar-refractivity contribution in [2.24, 2.45) is 16.2 Å². The third kappa shape index (κ3) is 9.48. The summed E-state index contributed by atoms with van der Waals surface area (Å²) < 4.78 is 16.5. The van der Waals surface area contributed by atoms with E-state index in [9.17, 15) is 14.4 Å². The lowest BCUT2D eigenvalue weighted by Crippen LogP contribution is -2.39. The first-order valence-electron chi connectivity index (χ1n) is 11.3. The van der Waals surface area contributed by atoms with Crippen LogP contribution in [0.3, 0.4) is 0 Å². The van der Waals surface area contributed by atoms with Crippen molar-refractivity contribution in [1.29, 1.82) is 0 Å². The highest BCUT2D eigenvalue weighted by atomic mass is 16.6. The van der Waals surface area contributed by atoms with Gasteiger partial charge in [-0.3, -0.25) is 14.4 Å². The predicted molar refractivity (Wildman–Crippen MR) is 118 cm³/mol. The Bertz CT molecular complexity index is 528. The topological polar surface area (TPSA) is 78.9 Å². The van der Waals surface area contributed by atoms with Crippen LogP contribution < -0.4 is 0 Å². The quantitative estimate of drug-likeness (QED) is 0.270. The van der Waals surface area contributed by atoms with Gasteiger partial charge in [-0.25, -0.2) is 0 Å². The lowest BCUT2D eigenvalue weighted by molar-refractivity contribution is -0.178. The first-order valence-corrected chi connectivity index (χ1v) is 11.3. The lowest BCUT2D eigenvalue weighted by Gasteiger charge is -2.28. The van der Waals surface area contributed by atoms with Crippen LogP contribution in [0, 0.1) is 16.2 Å². The van der Waals surface area contributed by atoms with E-state index >= 15 is 0 Å². The van der Waals surface area contributed by atoms with Crippen molar-refractivity contribution in [3.63, 3.8) is 0 Å². The van der Waals surface area contributed by atoms with Gasteiger partial charge in [0.25, 0.3) is 0 Å². The third-order valence-electron chi connectivity index (χ3n) is 5.36. The van der Waals surface area contributed by atoms with Crippen LogP contribution in [0.25, 0.3) is 0 Å². The first-order chi connectivity index (χ1) is 13.7. The van der Waals surface area contributed by atoms with E-state index < -0.39 is 22.3 Å². The fourth-order valence-corrected chi connectivity index (χ4v) is 3.34. The minimum absolute atomic E-state index is 0.137. The van der Waals surface area contributed by atoms with Crippen LogP contribution in [0.4, 0.5) is 0 Å². The standard InChI is InChI=1S/C24H44O6/c1-10-13-22(4,5)19(25)28-16-18(30-21(27)24(8,9)15-12-3)17-29-20(26)23(6,7)14-11-2/h18H,10-17H2,1-9H3. The summed E-state index contributed by atoms with van der Waals surface area (Å²) in [7, 11) is 0. The lowest BCUT2D eigenvalue weighted by atomic mass is 9.88. The van der Waals surface area contributed by atoms with Crippen molar-refractivity contribution in [2.75, 3.05) is 13.2 Å². The van der Waals surface area contributed by atoms with E-state index in [1.54, 1.807) is 0 Å². The van der Waals surface area contributed by atoms with Crippen LogP contribution in [0.15, 0.2) is 0 Å². The summed E-state index contributed by atoms with van der Waals surface area (Å²) in [5, 5.41) is 0. The molecule has 6 heteroatoms. The summed E-state index contributed by atoms with van der Waals surface area (Å²) in [6.07, 6.45) is 3.78. The first kappa shape index (κ1) is 28.4. The largest absolute Gasteiger partial charge is 0.461 e.